The van der Waals surface area contributed by atoms with Crippen molar-refractivity contribution in [1.29, 1.82) is 0 Å². The van der Waals surface area contributed by atoms with Crippen molar-refractivity contribution < 1.29 is 24.2 Å². The largest absolute Gasteiger partial charge is 0.483 e. The Bertz CT molecular complexity index is 879. The number of hydrogen-bond donors (Lipinski definition) is 3. The smallest absolute Gasteiger partial charge is 0.290 e. The van der Waals surface area contributed by atoms with Crippen LogP contribution in [0.2, 0.25) is 0 Å². The van der Waals surface area contributed by atoms with Gasteiger partial charge in [0.2, 0.25) is 0 Å². The standard InChI is InChI=1S/C15H14N4O4.CH2O2/c1-19-11-4-9(2-3-12(11)23-7-14(19)21)15(22)16-6-10-5-13(20)18-8-17-10;2-1-3/h2-5,8H,6-7H2,1H3,(H,16,22)(H,17,18,20);1H,(H,2,3). The number of carbonyl (C=O) groups is 3. The number of aromatic amines is 1. The van der Waals surface area contributed by atoms with Crippen LogP contribution in [0.15, 0.2) is 35.4 Å². The minimum absolute atomic E-state index is 0.0106. The van der Waals surface area contributed by atoms with E-state index in [2.05, 4.69) is 15.3 Å². The maximum absolute atomic E-state index is 12.2. The van der Waals surface area contributed by atoms with Crippen molar-refractivity contribution >= 4 is 24.0 Å². The molecule has 1 aromatic carbocycles. The Hall–Kier alpha value is -3.69. The van der Waals surface area contributed by atoms with E-state index in [0.717, 1.165) is 0 Å². The number of likely N-dealkylation sites (N-methyl/N-ethyl adjacent to an activating group) is 1. The zero-order valence-corrected chi connectivity index (χ0v) is 13.8. The Morgan fingerprint density at radius 2 is 2.15 bits per heavy atom. The van der Waals surface area contributed by atoms with Gasteiger partial charge in [-0.3, -0.25) is 19.2 Å². The number of fused-ring (bicyclic) bond motifs is 1. The van der Waals surface area contributed by atoms with Crippen molar-refractivity contribution in [3.05, 3.63) is 52.2 Å². The highest BCUT2D eigenvalue weighted by Gasteiger charge is 2.23. The summed E-state index contributed by atoms with van der Waals surface area (Å²) in [6, 6.07) is 6.17. The summed E-state index contributed by atoms with van der Waals surface area (Å²) in [5, 5.41) is 9.57. The molecule has 1 aliphatic rings. The minimum atomic E-state index is -0.332. The molecule has 0 saturated heterocycles. The summed E-state index contributed by atoms with van der Waals surface area (Å²) in [6.07, 6.45) is 1.28. The van der Waals surface area contributed by atoms with Gasteiger partial charge < -0.3 is 25.0 Å². The highest BCUT2D eigenvalue weighted by Crippen LogP contribution is 2.31. The summed E-state index contributed by atoms with van der Waals surface area (Å²) in [4.78, 5) is 51.2. The lowest BCUT2D eigenvalue weighted by Gasteiger charge is -2.26. The first-order valence-corrected chi connectivity index (χ1v) is 7.39. The highest BCUT2D eigenvalue weighted by atomic mass is 16.5. The number of H-pyrrole nitrogens is 1. The van der Waals surface area contributed by atoms with Crippen molar-refractivity contribution in [1.82, 2.24) is 15.3 Å². The minimum Gasteiger partial charge on any atom is -0.483 e. The Kier molecular flexibility index (Phi) is 6.04. The van der Waals surface area contributed by atoms with Gasteiger partial charge in [-0.2, -0.15) is 0 Å². The van der Waals surface area contributed by atoms with E-state index in [-0.39, 0.29) is 37.0 Å². The van der Waals surface area contributed by atoms with Gasteiger partial charge in [0.25, 0.3) is 23.8 Å². The van der Waals surface area contributed by atoms with Gasteiger partial charge in [0.15, 0.2) is 6.61 Å². The first kappa shape index (κ1) is 18.6. The molecule has 0 saturated carbocycles. The zero-order valence-electron chi connectivity index (χ0n) is 13.8. The molecule has 3 N–H and O–H groups in total. The third kappa shape index (κ3) is 4.44. The fourth-order valence-electron chi connectivity index (χ4n) is 2.19. The Balaban J connectivity index is 0.000000758. The molecule has 10 heteroatoms. The number of nitrogens with zero attached hydrogens (tertiary/aromatic N) is 2. The molecule has 2 heterocycles. The number of ether oxygens (including phenoxy) is 1. The zero-order chi connectivity index (χ0) is 19.1. The second-order valence-corrected chi connectivity index (χ2v) is 5.11. The number of amides is 2. The molecule has 2 amide bonds. The topological polar surface area (TPSA) is 142 Å². The molecule has 0 aliphatic carbocycles. The number of anilines is 1. The van der Waals surface area contributed by atoms with Crippen LogP contribution in [-0.2, 0) is 16.1 Å². The van der Waals surface area contributed by atoms with E-state index in [4.69, 9.17) is 14.6 Å². The van der Waals surface area contributed by atoms with Crippen LogP contribution in [0.5, 0.6) is 5.75 Å². The summed E-state index contributed by atoms with van der Waals surface area (Å²) >= 11 is 0. The normalized spacial score (nSPS) is 12.2. The van der Waals surface area contributed by atoms with Crippen LogP contribution < -0.4 is 20.5 Å². The van der Waals surface area contributed by atoms with Crippen LogP contribution in [0, 0.1) is 0 Å². The Morgan fingerprint density at radius 3 is 2.85 bits per heavy atom. The molecule has 3 rings (SSSR count). The SMILES string of the molecule is CN1C(=O)COc2ccc(C(=O)NCc3cc(=O)[nH]cn3)cc21.O=CO. The van der Waals surface area contributed by atoms with Gasteiger partial charge in [-0.15, -0.1) is 0 Å². The molecule has 0 bridgehead atoms. The summed E-state index contributed by atoms with van der Waals surface area (Å²) in [6.45, 7) is -0.131. The van der Waals surface area contributed by atoms with Gasteiger partial charge in [0.1, 0.15) is 5.75 Å². The number of carbonyl (C=O) groups excluding carboxylic acids is 2. The molecule has 0 radical (unpaired) electrons. The number of nitrogens with one attached hydrogen (secondary N) is 2. The summed E-state index contributed by atoms with van der Waals surface area (Å²) in [5.74, 6) is 0.0454. The van der Waals surface area contributed by atoms with Gasteiger partial charge in [-0.05, 0) is 18.2 Å². The molecule has 2 aromatic rings. The van der Waals surface area contributed by atoms with E-state index in [0.29, 0.717) is 22.7 Å². The van der Waals surface area contributed by atoms with Crippen LogP contribution >= 0.6 is 0 Å². The summed E-state index contributed by atoms with van der Waals surface area (Å²) < 4.78 is 5.31. The predicted molar refractivity (Wildman–Crippen MR) is 90.1 cm³/mol. The van der Waals surface area contributed by atoms with Gasteiger partial charge in [-0.1, -0.05) is 0 Å². The van der Waals surface area contributed by atoms with Crippen molar-refractivity contribution in [3.63, 3.8) is 0 Å². The summed E-state index contributed by atoms with van der Waals surface area (Å²) in [5.41, 5.74) is 1.10. The highest BCUT2D eigenvalue weighted by molar-refractivity contribution is 6.00. The second kappa shape index (κ2) is 8.42. The van der Waals surface area contributed by atoms with E-state index in [1.165, 1.54) is 17.3 Å². The van der Waals surface area contributed by atoms with E-state index in [1.54, 1.807) is 25.2 Å². The van der Waals surface area contributed by atoms with E-state index < -0.39 is 0 Å². The number of aromatic nitrogens is 2. The fourth-order valence-corrected chi connectivity index (χ4v) is 2.19. The third-order valence-corrected chi connectivity index (χ3v) is 3.47. The van der Waals surface area contributed by atoms with Gasteiger partial charge >= 0.3 is 0 Å². The van der Waals surface area contributed by atoms with Crippen LogP contribution in [0.3, 0.4) is 0 Å². The average molecular weight is 360 g/mol. The maximum Gasteiger partial charge on any atom is 0.290 e. The lowest BCUT2D eigenvalue weighted by Crippen LogP contribution is -2.35. The molecule has 0 atom stereocenters. The first-order chi connectivity index (χ1) is 12.5. The van der Waals surface area contributed by atoms with Crippen molar-refractivity contribution in [3.8, 4) is 5.75 Å². The lowest BCUT2D eigenvalue weighted by atomic mass is 10.1. The fraction of sp³-hybridized carbons (Fsp3) is 0.188. The average Bonchev–Trinajstić information content (AvgIpc) is 2.63. The van der Waals surface area contributed by atoms with E-state index in [9.17, 15) is 14.4 Å². The molecule has 26 heavy (non-hydrogen) atoms. The van der Waals surface area contributed by atoms with Gasteiger partial charge in [0.05, 0.1) is 24.3 Å². The molecule has 136 valence electrons. The van der Waals surface area contributed by atoms with Crippen LogP contribution in [0.25, 0.3) is 0 Å². The number of hydrogen-bond acceptors (Lipinski definition) is 6. The molecule has 0 fully saturated rings. The molecule has 10 nitrogen and oxygen atoms in total. The van der Waals surface area contributed by atoms with Gasteiger partial charge in [-0.25, -0.2) is 4.98 Å². The molecular formula is C16H16N4O6. The van der Waals surface area contributed by atoms with Gasteiger partial charge in [0, 0.05) is 18.7 Å². The Morgan fingerprint density at radius 1 is 1.42 bits per heavy atom. The molecule has 0 unspecified atom stereocenters. The van der Waals surface area contributed by atoms with Crippen molar-refractivity contribution in [2.45, 2.75) is 6.54 Å². The summed E-state index contributed by atoms with van der Waals surface area (Å²) in [7, 11) is 1.63. The predicted octanol–water partition coefficient (Wildman–Crippen LogP) is -0.244. The van der Waals surface area contributed by atoms with E-state index >= 15 is 0 Å². The van der Waals surface area contributed by atoms with Crippen molar-refractivity contribution in [2.75, 3.05) is 18.6 Å². The first-order valence-electron chi connectivity index (χ1n) is 7.39. The van der Waals surface area contributed by atoms with Crippen LogP contribution in [-0.4, -0.2) is 47.0 Å². The molecule has 1 aromatic heterocycles. The Labute approximate surface area is 147 Å². The van der Waals surface area contributed by atoms with Crippen molar-refractivity contribution in [2.24, 2.45) is 0 Å². The number of benzene rings is 1. The molecular weight excluding hydrogens is 344 g/mol. The third-order valence-electron chi connectivity index (χ3n) is 3.47. The monoisotopic (exact) mass is 360 g/mol. The molecule has 1 aliphatic heterocycles. The molecule has 0 spiro atoms. The quantitative estimate of drug-likeness (QED) is 0.641. The number of carboxylic acid groups (broad SMARTS) is 1. The second-order valence-electron chi connectivity index (χ2n) is 5.11. The number of rotatable bonds is 3. The lowest BCUT2D eigenvalue weighted by molar-refractivity contribution is -0.123. The van der Waals surface area contributed by atoms with Crippen LogP contribution in [0.1, 0.15) is 16.1 Å². The van der Waals surface area contributed by atoms with Crippen LogP contribution in [0.4, 0.5) is 5.69 Å². The van der Waals surface area contributed by atoms with E-state index in [1.807, 2.05) is 0 Å². The maximum atomic E-state index is 12.2.